The molecule has 1 aromatic rings. The van der Waals surface area contributed by atoms with Crippen LogP contribution in [-0.2, 0) is 10.4 Å². The molecule has 138 valence electrons. The second-order valence-electron chi connectivity index (χ2n) is 7.62. The highest BCUT2D eigenvalue weighted by Gasteiger charge is 2.38. The number of carbonyl (C=O) groups is 1. The van der Waals surface area contributed by atoms with Crippen LogP contribution in [0.5, 0.6) is 0 Å². The van der Waals surface area contributed by atoms with Gasteiger partial charge in [0, 0.05) is 44.3 Å². The summed E-state index contributed by atoms with van der Waals surface area (Å²) in [5.74, 6) is 0.188. The summed E-state index contributed by atoms with van der Waals surface area (Å²) < 4.78 is 0. The number of nitrogens with zero attached hydrogens (tertiary/aromatic N) is 3. The fraction of sp³-hybridized carbons (Fsp3) is 0.684. The van der Waals surface area contributed by atoms with Crippen LogP contribution in [0.25, 0.3) is 0 Å². The normalized spacial score (nSPS) is 26.8. The van der Waals surface area contributed by atoms with E-state index in [2.05, 4.69) is 16.9 Å². The Morgan fingerprint density at radius 3 is 2.56 bits per heavy atom. The monoisotopic (exact) mass is 346 g/mol. The lowest BCUT2D eigenvalue weighted by Gasteiger charge is -2.38. The lowest BCUT2D eigenvalue weighted by molar-refractivity contribution is -0.137. The van der Waals surface area contributed by atoms with Gasteiger partial charge in [-0.3, -0.25) is 14.7 Å². The number of carbonyl (C=O) groups excluding carboxylic acids is 1. The van der Waals surface area contributed by atoms with Gasteiger partial charge in [-0.25, -0.2) is 0 Å². The summed E-state index contributed by atoms with van der Waals surface area (Å²) in [6.07, 6.45) is 5.53. The van der Waals surface area contributed by atoms with Gasteiger partial charge < -0.3 is 15.7 Å². The summed E-state index contributed by atoms with van der Waals surface area (Å²) in [5.41, 5.74) is 6.66. The third-order valence-corrected chi connectivity index (χ3v) is 6.00. The molecule has 0 spiro atoms. The van der Waals surface area contributed by atoms with Crippen molar-refractivity contribution in [3.8, 4) is 0 Å². The Morgan fingerprint density at radius 2 is 2.00 bits per heavy atom. The maximum Gasteiger partial charge on any atom is 0.224 e. The van der Waals surface area contributed by atoms with Crippen LogP contribution in [-0.4, -0.2) is 64.6 Å². The van der Waals surface area contributed by atoms with Crippen molar-refractivity contribution in [3.05, 3.63) is 29.6 Å². The van der Waals surface area contributed by atoms with Gasteiger partial charge in [-0.2, -0.15) is 0 Å². The van der Waals surface area contributed by atoms with Crippen LogP contribution in [0, 0.1) is 6.92 Å². The molecule has 0 aliphatic carbocycles. The van der Waals surface area contributed by atoms with Crippen LogP contribution < -0.4 is 5.73 Å². The van der Waals surface area contributed by atoms with E-state index in [1.54, 1.807) is 6.20 Å². The molecule has 0 saturated carbocycles. The topological polar surface area (TPSA) is 82.7 Å². The van der Waals surface area contributed by atoms with Crippen LogP contribution in [0.3, 0.4) is 0 Å². The van der Waals surface area contributed by atoms with Crippen LogP contribution >= 0.6 is 0 Å². The first-order valence-corrected chi connectivity index (χ1v) is 9.28. The van der Waals surface area contributed by atoms with Gasteiger partial charge in [0.25, 0.3) is 0 Å². The van der Waals surface area contributed by atoms with Crippen molar-refractivity contribution in [2.75, 3.05) is 26.7 Å². The molecule has 2 atom stereocenters. The summed E-state index contributed by atoms with van der Waals surface area (Å²) in [7, 11) is 2.07. The highest BCUT2D eigenvalue weighted by atomic mass is 16.3. The Kier molecular flexibility index (Phi) is 5.41. The zero-order valence-electron chi connectivity index (χ0n) is 15.3. The molecule has 3 heterocycles. The van der Waals surface area contributed by atoms with E-state index >= 15 is 0 Å². The summed E-state index contributed by atoms with van der Waals surface area (Å²) in [6.45, 7) is 3.81. The number of aryl methyl sites for hydroxylation is 1. The number of hydrogen-bond acceptors (Lipinski definition) is 5. The van der Waals surface area contributed by atoms with E-state index in [9.17, 15) is 9.90 Å². The summed E-state index contributed by atoms with van der Waals surface area (Å²) in [5, 5.41) is 10.9. The number of pyridine rings is 1. The molecule has 6 heteroatoms. The van der Waals surface area contributed by atoms with E-state index in [1.807, 2.05) is 24.0 Å². The van der Waals surface area contributed by atoms with E-state index in [0.29, 0.717) is 56.7 Å². The third-order valence-electron chi connectivity index (χ3n) is 6.00. The van der Waals surface area contributed by atoms with Gasteiger partial charge in [-0.15, -0.1) is 0 Å². The number of likely N-dealkylation sites (tertiary alicyclic amines) is 2. The fourth-order valence-electron chi connectivity index (χ4n) is 4.08. The first-order valence-electron chi connectivity index (χ1n) is 9.28. The standard InChI is InChI=1S/C19H30N4O2/c1-14-3-6-17(21-13-14)19(25)7-9-23(10-8-19)18(24)11-15-4-5-16(12-20)22(15)2/h3,6,13,15-16,25H,4-5,7-12,20H2,1-2H3/t15-,16+/m0/s1. The molecular weight excluding hydrogens is 316 g/mol. The van der Waals surface area contributed by atoms with Gasteiger partial charge in [0.1, 0.15) is 5.60 Å². The molecule has 1 amide bonds. The van der Waals surface area contributed by atoms with E-state index < -0.39 is 5.60 Å². The number of aromatic nitrogens is 1. The average Bonchev–Trinajstić information content (AvgIpc) is 2.96. The molecular formula is C19H30N4O2. The number of hydrogen-bond donors (Lipinski definition) is 2. The van der Waals surface area contributed by atoms with Crippen LogP contribution in [0.1, 0.15) is 43.4 Å². The number of piperidine rings is 1. The minimum Gasteiger partial charge on any atom is -0.383 e. The summed E-state index contributed by atoms with van der Waals surface area (Å²) >= 11 is 0. The van der Waals surface area contributed by atoms with Crippen molar-refractivity contribution in [2.45, 2.75) is 56.7 Å². The smallest absolute Gasteiger partial charge is 0.224 e. The Labute approximate surface area is 150 Å². The zero-order valence-corrected chi connectivity index (χ0v) is 15.3. The van der Waals surface area contributed by atoms with Gasteiger partial charge in [-0.1, -0.05) is 6.07 Å². The SMILES string of the molecule is Cc1ccc(C2(O)CCN(C(=O)C[C@@H]3CC[C@H](CN)N3C)CC2)nc1. The second kappa shape index (κ2) is 7.40. The van der Waals surface area contributed by atoms with Crippen molar-refractivity contribution < 1.29 is 9.90 Å². The quantitative estimate of drug-likeness (QED) is 0.850. The maximum absolute atomic E-state index is 12.7. The molecule has 0 unspecified atom stereocenters. The van der Waals surface area contributed by atoms with E-state index in [0.717, 1.165) is 18.4 Å². The molecule has 2 saturated heterocycles. The largest absolute Gasteiger partial charge is 0.383 e. The first kappa shape index (κ1) is 18.3. The second-order valence-corrected chi connectivity index (χ2v) is 7.62. The third kappa shape index (κ3) is 3.86. The molecule has 1 aromatic heterocycles. The van der Waals surface area contributed by atoms with Gasteiger partial charge in [-0.05, 0) is 51.3 Å². The number of nitrogens with two attached hydrogens (primary N) is 1. The molecule has 0 bridgehead atoms. The number of rotatable bonds is 4. The number of amides is 1. The lowest BCUT2D eigenvalue weighted by atomic mass is 9.87. The highest BCUT2D eigenvalue weighted by molar-refractivity contribution is 5.77. The molecule has 3 rings (SSSR count). The minimum atomic E-state index is -0.917. The first-order chi connectivity index (χ1) is 11.9. The lowest BCUT2D eigenvalue weighted by Crippen LogP contribution is -2.47. The van der Waals surface area contributed by atoms with Crippen LogP contribution in [0.2, 0.25) is 0 Å². The van der Waals surface area contributed by atoms with Gasteiger partial charge in [0.2, 0.25) is 5.91 Å². The van der Waals surface area contributed by atoms with Crippen molar-refractivity contribution in [2.24, 2.45) is 5.73 Å². The fourth-order valence-corrected chi connectivity index (χ4v) is 4.08. The maximum atomic E-state index is 12.7. The predicted molar refractivity (Wildman–Crippen MR) is 96.9 cm³/mol. The summed E-state index contributed by atoms with van der Waals surface area (Å²) in [4.78, 5) is 21.2. The van der Waals surface area contributed by atoms with E-state index in [4.69, 9.17) is 5.73 Å². The minimum absolute atomic E-state index is 0.188. The van der Waals surface area contributed by atoms with Gasteiger partial charge in [0.05, 0.1) is 5.69 Å². The average molecular weight is 346 g/mol. The van der Waals surface area contributed by atoms with E-state index in [1.165, 1.54) is 0 Å². The Balaban J connectivity index is 1.55. The molecule has 0 aromatic carbocycles. The molecule has 2 aliphatic heterocycles. The van der Waals surface area contributed by atoms with E-state index in [-0.39, 0.29) is 5.91 Å². The van der Waals surface area contributed by atoms with Gasteiger partial charge >= 0.3 is 0 Å². The molecule has 2 fully saturated rings. The molecule has 3 N–H and O–H groups in total. The Morgan fingerprint density at radius 1 is 1.32 bits per heavy atom. The van der Waals surface area contributed by atoms with Crippen molar-refractivity contribution in [1.82, 2.24) is 14.8 Å². The molecule has 0 radical (unpaired) electrons. The highest BCUT2D eigenvalue weighted by Crippen LogP contribution is 2.32. The Bertz CT molecular complexity index is 596. The zero-order chi connectivity index (χ0) is 18.0. The molecule has 25 heavy (non-hydrogen) atoms. The molecule has 2 aliphatic rings. The Hall–Kier alpha value is -1.50. The summed E-state index contributed by atoms with van der Waals surface area (Å²) in [6, 6.07) is 4.56. The number of likely N-dealkylation sites (N-methyl/N-ethyl adjacent to an activating group) is 1. The van der Waals surface area contributed by atoms with Crippen LogP contribution in [0.15, 0.2) is 18.3 Å². The van der Waals surface area contributed by atoms with Crippen molar-refractivity contribution >= 4 is 5.91 Å². The molecule has 6 nitrogen and oxygen atoms in total. The van der Waals surface area contributed by atoms with Crippen molar-refractivity contribution in [3.63, 3.8) is 0 Å². The number of aliphatic hydroxyl groups is 1. The van der Waals surface area contributed by atoms with Gasteiger partial charge in [0.15, 0.2) is 0 Å². The predicted octanol–water partition coefficient (Wildman–Crippen LogP) is 1.01. The van der Waals surface area contributed by atoms with Crippen molar-refractivity contribution in [1.29, 1.82) is 0 Å². The van der Waals surface area contributed by atoms with Crippen LogP contribution in [0.4, 0.5) is 0 Å².